The number of halogens is 1. The molecule has 0 atom stereocenters. The molecule has 0 bridgehead atoms. The Kier molecular flexibility index (Phi) is 4.04. The normalized spacial score (nSPS) is 19.0. The van der Waals surface area contributed by atoms with Crippen molar-refractivity contribution in [3.8, 4) is 0 Å². The van der Waals surface area contributed by atoms with Gasteiger partial charge in [-0.2, -0.15) is 0 Å². The van der Waals surface area contributed by atoms with Crippen LogP contribution in [0.25, 0.3) is 0 Å². The molecule has 0 aromatic rings. The Balaban J connectivity index is 0.000000720. The molecule has 0 unspecified atom stereocenters. The first-order valence-electron chi connectivity index (χ1n) is 3.84. The van der Waals surface area contributed by atoms with Crippen LogP contribution in [0, 0.1) is 0 Å². The molecule has 0 fully saturated rings. The second kappa shape index (κ2) is 4.84. The maximum atomic E-state index is 2.29. The van der Waals surface area contributed by atoms with E-state index in [0.717, 1.165) is 0 Å². The number of allylic oxidation sites excluding steroid dienone is 8. The molecule has 2 rings (SSSR count). The summed E-state index contributed by atoms with van der Waals surface area (Å²) in [7, 11) is 0. The van der Waals surface area contributed by atoms with E-state index >= 15 is 0 Å². The van der Waals surface area contributed by atoms with Crippen LogP contribution >= 0.6 is 12.4 Å². The third-order valence-electron chi connectivity index (χ3n) is 1.74. The zero-order chi connectivity index (χ0) is 7.52. The summed E-state index contributed by atoms with van der Waals surface area (Å²) in [6.07, 6.45) is 15.9. The van der Waals surface area contributed by atoms with Gasteiger partial charge in [0.05, 0.1) is 0 Å². The Bertz CT molecular complexity index is 244. The Labute approximate surface area is 88.1 Å². The number of hydrogen-bond acceptors (Lipinski definition) is 0. The maximum absolute atomic E-state index is 2.29. The zero-order valence-corrected chi connectivity index (χ0v) is 9.52. The van der Waals surface area contributed by atoms with E-state index in [2.05, 4.69) is 36.5 Å². The average molecular weight is 263 g/mol. The van der Waals surface area contributed by atoms with Gasteiger partial charge >= 0.3 is 75.8 Å². The largest absolute Gasteiger partial charge is 0.147 e. The molecule has 0 amide bonds. The van der Waals surface area contributed by atoms with Gasteiger partial charge in [-0.1, -0.05) is 0 Å². The number of hydrogen-bond donors (Lipinski definition) is 0. The van der Waals surface area contributed by atoms with Crippen LogP contribution in [0.5, 0.6) is 0 Å². The summed E-state index contributed by atoms with van der Waals surface area (Å²) in [5, 5.41) is 0. The Hall–Kier alpha value is -0.0617. The van der Waals surface area contributed by atoms with Gasteiger partial charge in [0.25, 0.3) is 0 Å². The summed E-state index contributed by atoms with van der Waals surface area (Å²) in [6.45, 7) is 0. The van der Waals surface area contributed by atoms with Crippen molar-refractivity contribution in [3.05, 3.63) is 44.4 Å². The van der Waals surface area contributed by atoms with Crippen LogP contribution in [0.3, 0.4) is 0 Å². The summed E-state index contributed by atoms with van der Waals surface area (Å²) >= 11 is 0.0394. The SMILES string of the molecule is C1=CC[C]([Mo][C]2=CC=CC2)=C1.Cl. The maximum Gasteiger partial charge on any atom is -0.147 e. The fraction of sp³-hybridized carbons (Fsp3) is 0.200. The van der Waals surface area contributed by atoms with E-state index in [4.69, 9.17) is 0 Å². The first-order valence-corrected chi connectivity index (χ1v) is 5.85. The van der Waals surface area contributed by atoms with Gasteiger partial charge in [0.15, 0.2) is 0 Å². The van der Waals surface area contributed by atoms with Crippen molar-refractivity contribution in [1.82, 2.24) is 0 Å². The molecule has 0 heterocycles. The van der Waals surface area contributed by atoms with E-state index in [1.807, 2.05) is 0 Å². The predicted molar refractivity (Wildman–Crippen MR) is 50.9 cm³/mol. The second-order valence-electron chi connectivity index (χ2n) is 2.63. The minimum absolute atomic E-state index is 0. The quantitative estimate of drug-likeness (QED) is 0.671. The third kappa shape index (κ3) is 2.47. The predicted octanol–water partition coefficient (Wildman–Crippen LogP) is 3.18. The standard InChI is InChI=1S/2C5H5.ClH.Mo/c2*1-2-4-5-3-1;;/h2*1-3H,4H2;1H;. The van der Waals surface area contributed by atoms with Gasteiger partial charge < -0.3 is 0 Å². The molecule has 0 saturated heterocycles. The van der Waals surface area contributed by atoms with Crippen LogP contribution in [0.2, 0.25) is 0 Å². The molecule has 2 aliphatic rings. The van der Waals surface area contributed by atoms with Crippen molar-refractivity contribution < 1.29 is 18.6 Å². The zero-order valence-electron chi connectivity index (χ0n) is 6.69. The Morgan fingerprint density at radius 2 is 1.42 bits per heavy atom. The first kappa shape index (κ1) is 10.0. The fourth-order valence-corrected chi connectivity index (χ4v) is 3.61. The molecule has 0 N–H and O–H groups in total. The second-order valence-corrected chi connectivity index (χ2v) is 5.71. The van der Waals surface area contributed by atoms with Crippen molar-refractivity contribution in [2.75, 3.05) is 0 Å². The van der Waals surface area contributed by atoms with Crippen LogP contribution in [-0.4, -0.2) is 0 Å². The van der Waals surface area contributed by atoms with E-state index in [0.29, 0.717) is 0 Å². The van der Waals surface area contributed by atoms with E-state index in [1.165, 1.54) is 12.8 Å². The Morgan fingerprint density at radius 1 is 0.917 bits per heavy atom. The third-order valence-corrected chi connectivity index (χ3v) is 4.51. The number of rotatable bonds is 2. The van der Waals surface area contributed by atoms with Gasteiger partial charge in [0.2, 0.25) is 0 Å². The van der Waals surface area contributed by atoms with Crippen LogP contribution in [-0.2, 0) is 18.6 Å². The topological polar surface area (TPSA) is 0 Å². The minimum atomic E-state index is 0. The molecule has 2 aliphatic carbocycles. The minimum Gasteiger partial charge on any atom is -0.147 e. The molecule has 0 nitrogen and oxygen atoms in total. The van der Waals surface area contributed by atoms with Gasteiger partial charge in [-0.15, -0.1) is 12.4 Å². The van der Waals surface area contributed by atoms with E-state index in [-0.39, 0.29) is 31.0 Å². The molecule has 12 heavy (non-hydrogen) atoms. The average Bonchev–Trinajstić information content (AvgIpc) is 2.60. The first-order chi connectivity index (χ1) is 5.45. The van der Waals surface area contributed by atoms with Crippen molar-refractivity contribution in [2.24, 2.45) is 0 Å². The monoisotopic (exact) mass is 264 g/mol. The van der Waals surface area contributed by atoms with Gasteiger partial charge in [-0.3, -0.25) is 0 Å². The molecular formula is C10H11ClMo. The summed E-state index contributed by atoms with van der Waals surface area (Å²) < 4.78 is 3.37. The van der Waals surface area contributed by atoms with Crippen molar-refractivity contribution in [2.45, 2.75) is 12.8 Å². The van der Waals surface area contributed by atoms with Crippen LogP contribution < -0.4 is 0 Å². The van der Waals surface area contributed by atoms with Crippen molar-refractivity contribution in [1.29, 1.82) is 0 Å². The van der Waals surface area contributed by atoms with Crippen LogP contribution in [0.4, 0.5) is 0 Å². The van der Waals surface area contributed by atoms with Crippen molar-refractivity contribution in [3.63, 3.8) is 0 Å². The van der Waals surface area contributed by atoms with Gasteiger partial charge in [0.1, 0.15) is 0 Å². The summed E-state index contributed by atoms with van der Waals surface area (Å²) in [6, 6.07) is 0. The molecule has 0 aromatic carbocycles. The molecule has 0 spiro atoms. The summed E-state index contributed by atoms with van der Waals surface area (Å²) in [5.41, 5.74) is 0. The summed E-state index contributed by atoms with van der Waals surface area (Å²) in [5.74, 6) is 0. The molecule has 0 aliphatic heterocycles. The fourth-order valence-electron chi connectivity index (χ4n) is 1.17. The van der Waals surface area contributed by atoms with Crippen LogP contribution in [0.1, 0.15) is 12.8 Å². The molecule has 64 valence electrons. The van der Waals surface area contributed by atoms with E-state index in [1.54, 1.807) is 7.93 Å². The van der Waals surface area contributed by atoms with Gasteiger partial charge in [-0.05, 0) is 0 Å². The molecule has 0 aromatic heterocycles. The molecular weight excluding hydrogens is 252 g/mol. The molecule has 0 saturated carbocycles. The summed E-state index contributed by atoms with van der Waals surface area (Å²) in [4.78, 5) is 0. The van der Waals surface area contributed by atoms with Gasteiger partial charge in [-0.25, -0.2) is 0 Å². The Morgan fingerprint density at radius 3 is 1.75 bits per heavy atom. The smallest absolute Gasteiger partial charge is 0.147 e. The van der Waals surface area contributed by atoms with E-state index in [9.17, 15) is 0 Å². The van der Waals surface area contributed by atoms with Gasteiger partial charge in [0, 0.05) is 0 Å². The van der Waals surface area contributed by atoms with Crippen molar-refractivity contribution >= 4 is 12.4 Å². The van der Waals surface area contributed by atoms with Crippen LogP contribution in [0.15, 0.2) is 44.4 Å². The molecule has 0 radical (unpaired) electrons. The molecule has 2 heteroatoms. The van der Waals surface area contributed by atoms with E-state index < -0.39 is 0 Å².